The molecule has 5 rings (SSSR count). The molecule has 9 nitrogen and oxygen atoms in total. The number of halogens is 2. The molecule has 2 aromatic heterocycles. The second-order valence-electron chi connectivity index (χ2n) is 15.7. The van der Waals surface area contributed by atoms with Crippen LogP contribution in [0.25, 0.3) is 16.7 Å². The van der Waals surface area contributed by atoms with Gasteiger partial charge in [0.1, 0.15) is 11.5 Å². The largest absolute Gasteiger partial charge is 0.370 e. The van der Waals surface area contributed by atoms with E-state index in [-0.39, 0.29) is 39.4 Å². The van der Waals surface area contributed by atoms with Gasteiger partial charge in [0, 0.05) is 41.3 Å². The monoisotopic (exact) mass is 706 g/mol. The smallest absolute Gasteiger partial charge is 0.354 e. The Morgan fingerprint density at radius 2 is 1.72 bits per heavy atom. The molecule has 1 saturated carbocycles. The van der Waals surface area contributed by atoms with Gasteiger partial charge in [-0.3, -0.25) is 9.56 Å². The Morgan fingerprint density at radius 3 is 2.32 bits per heavy atom. The van der Waals surface area contributed by atoms with E-state index >= 15 is 0 Å². The topological polar surface area (TPSA) is 153 Å². The molecule has 8 N–H and O–H groups in total. The van der Waals surface area contributed by atoms with Crippen molar-refractivity contribution in [3.05, 3.63) is 92.4 Å². The van der Waals surface area contributed by atoms with Gasteiger partial charge in [-0.25, -0.2) is 9.18 Å². The zero-order chi connectivity index (χ0) is 36.8. The number of nitrogens with zero attached hydrogens (tertiary/aromatic N) is 3. The van der Waals surface area contributed by atoms with Crippen molar-refractivity contribution in [3.63, 3.8) is 0 Å². The Kier molecular flexibility index (Phi) is 12.9. The van der Waals surface area contributed by atoms with Crippen LogP contribution in [0.15, 0.2) is 58.4 Å². The number of aliphatic imine (C=N–C) groups is 1. The van der Waals surface area contributed by atoms with Crippen molar-refractivity contribution in [3.8, 4) is 5.69 Å². The molecule has 272 valence electrons. The van der Waals surface area contributed by atoms with E-state index < -0.39 is 0 Å². The maximum absolute atomic E-state index is 14.2. The molecule has 1 aliphatic carbocycles. The standard InChI is InChI=1S/C22H31N7O.C17H25ClFN/c1-14(25-10-5-11-26-20(23)24)15-6-8-17(9-7-15)29-13-16-12-18(22(2,3)4)27-19(16)28-21(29)30;1-17(2,3)14-9-12(10-15(18)16(14)19)8-11-4-6-13(20)7-5-11/h6-9,12-14,25H,5,10-11H2,1-4H3,(H4,23,24,26)(H,27,28,30);9-11,13H,4-8,20H2,1-3H3/t14-;/m0./s1. The highest BCUT2D eigenvalue weighted by atomic mass is 35.5. The summed E-state index contributed by atoms with van der Waals surface area (Å²) in [6.45, 7) is 15.9. The molecule has 0 spiro atoms. The number of benzene rings is 2. The van der Waals surface area contributed by atoms with Gasteiger partial charge in [0.15, 0.2) is 5.96 Å². The van der Waals surface area contributed by atoms with Crippen LogP contribution in [0, 0.1) is 11.7 Å². The van der Waals surface area contributed by atoms with Crippen molar-refractivity contribution >= 4 is 28.6 Å². The zero-order valence-electron chi connectivity index (χ0n) is 30.7. The molecule has 1 atom stereocenters. The van der Waals surface area contributed by atoms with Gasteiger partial charge in [-0.15, -0.1) is 0 Å². The van der Waals surface area contributed by atoms with E-state index in [4.69, 9.17) is 28.8 Å². The molecule has 0 amide bonds. The van der Waals surface area contributed by atoms with E-state index in [1.165, 1.54) is 12.8 Å². The lowest BCUT2D eigenvalue weighted by molar-refractivity contribution is 0.324. The minimum atomic E-state index is -0.302. The summed E-state index contributed by atoms with van der Waals surface area (Å²) in [5.74, 6) is 0.508. The van der Waals surface area contributed by atoms with Crippen LogP contribution in [0.2, 0.25) is 5.02 Å². The predicted octanol–water partition coefficient (Wildman–Crippen LogP) is 7.16. The number of fused-ring (bicyclic) bond motifs is 1. The summed E-state index contributed by atoms with van der Waals surface area (Å²) < 4.78 is 15.7. The van der Waals surface area contributed by atoms with Crippen LogP contribution in [-0.4, -0.2) is 39.6 Å². The summed E-state index contributed by atoms with van der Waals surface area (Å²) in [7, 11) is 0. The molecular weight excluding hydrogens is 651 g/mol. The fourth-order valence-electron chi connectivity index (χ4n) is 6.27. The third-order valence-corrected chi connectivity index (χ3v) is 9.65. The van der Waals surface area contributed by atoms with Crippen molar-refractivity contribution in [2.45, 2.75) is 110 Å². The first-order valence-corrected chi connectivity index (χ1v) is 18.1. The lowest BCUT2D eigenvalue weighted by Crippen LogP contribution is -2.27. The number of rotatable bonds is 9. The number of nitrogens with one attached hydrogen (secondary N) is 2. The molecule has 1 aliphatic rings. The fourth-order valence-corrected chi connectivity index (χ4v) is 6.51. The van der Waals surface area contributed by atoms with E-state index in [2.05, 4.69) is 54.0 Å². The minimum absolute atomic E-state index is 0.0390. The molecule has 0 unspecified atom stereocenters. The van der Waals surface area contributed by atoms with Crippen molar-refractivity contribution in [2.75, 3.05) is 13.1 Å². The number of H-pyrrole nitrogens is 1. The summed E-state index contributed by atoms with van der Waals surface area (Å²) in [5, 5.41) is 4.61. The summed E-state index contributed by atoms with van der Waals surface area (Å²) in [6, 6.07) is 14.3. The van der Waals surface area contributed by atoms with Crippen molar-refractivity contribution in [2.24, 2.45) is 28.1 Å². The number of hydrogen-bond donors (Lipinski definition) is 5. The third kappa shape index (κ3) is 10.6. The minimum Gasteiger partial charge on any atom is -0.370 e. The molecule has 0 aliphatic heterocycles. The Hall–Kier alpha value is -3.73. The van der Waals surface area contributed by atoms with Crippen molar-refractivity contribution in [1.29, 1.82) is 0 Å². The lowest BCUT2D eigenvalue weighted by Gasteiger charge is -2.27. The number of guanidine groups is 1. The normalized spacial score (nSPS) is 17.2. The van der Waals surface area contributed by atoms with Gasteiger partial charge < -0.3 is 27.5 Å². The van der Waals surface area contributed by atoms with Crippen LogP contribution in [0.4, 0.5) is 4.39 Å². The fraction of sp³-hybridized carbons (Fsp3) is 0.513. The predicted molar refractivity (Wildman–Crippen MR) is 206 cm³/mol. The molecule has 11 heteroatoms. The average Bonchev–Trinajstić information content (AvgIpc) is 3.46. The second-order valence-corrected chi connectivity index (χ2v) is 16.1. The summed E-state index contributed by atoms with van der Waals surface area (Å²) in [6.07, 6.45) is 8.22. The van der Waals surface area contributed by atoms with Gasteiger partial charge in [-0.1, -0.05) is 71.3 Å². The highest BCUT2D eigenvalue weighted by Crippen LogP contribution is 2.33. The van der Waals surface area contributed by atoms with Crippen LogP contribution in [0.3, 0.4) is 0 Å². The van der Waals surface area contributed by atoms with E-state index in [0.717, 1.165) is 60.1 Å². The Bertz CT molecular complexity index is 1810. The summed E-state index contributed by atoms with van der Waals surface area (Å²) in [5.41, 5.74) is 21.5. The van der Waals surface area contributed by atoms with Gasteiger partial charge in [0.2, 0.25) is 0 Å². The molecule has 0 saturated heterocycles. The zero-order valence-corrected chi connectivity index (χ0v) is 31.5. The number of nitrogens with two attached hydrogens (primary N) is 3. The first kappa shape index (κ1) is 39.1. The van der Waals surface area contributed by atoms with Crippen LogP contribution in [0.1, 0.15) is 109 Å². The van der Waals surface area contributed by atoms with Crippen molar-refractivity contribution in [1.82, 2.24) is 19.9 Å². The van der Waals surface area contributed by atoms with E-state index in [9.17, 15) is 9.18 Å². The summed E-state index contributed by atoms with van der Waals surface area (Å²) in [4.78, 5) is 24.0. The first-order chi connectivity index (χ1) is 23.4. The molecule has 4 aromatic rings. The van der Waals surface area contributed by atoms with Crippen LogP contribution >= 0.6 is 11.6 Å². The van der Waals surface area contributed by atoms with Gasteiger partial charge in [0.05, 0.1) is 10.7 Å². The molecule has 0 radical (unpaired) electrons. The molecule has 0 bridgehead atoms. The average molecular weight is 707 g/mol. The molecular formula is C39H56ClFN8O. The van der Waals surface area contributed by atoms with Gasteiger partial charge in [0.25, 0.3) is 0 Å². The van der Waals surface area contributed by atoms with Gasteiger partial charge in [-0.05, 0) is 104 Å². The third-order valence-electron chi connectivity index (χ3n) is 9.38. The lowest BCUT2D eigenvalue weighted by atomic mass is 9.81. The van der Waals surface area contributed by atoms with Gasteiger partial charge in [-0.2, -0.15) is 4.98 Å². The molecule has 50 heavy (non-hydrogen) atoms. The Balaban J connectivity index is 0.000000244. The van der Waals surface area contributed by atoms with E-state index in [0.29, 0.717) is 29.7 Å². The van der Waals surface area contributed by atoms with Crippen LogP contribution in [0.5, 0.6) is 0 Å². The number of aromatic amines is 1. The number of aromatic nitrogens is 3. The highest BCUT2D eigenvalue weighted by molar-refractivity contribution is 6.30. The quantitative estimate of drug-likeness (QED) is 0.0707. The van der Waals surface area contributed by atoms with E-state index in [1.807, 2.05) is 57.3 Å². The van der Waals surface area contributed by atoms with Crippen LogP contribution < -0.4 is 28.2 Å². The van der Waals surface area contributed by atoms with Crippen LogP contribution in [-0.2, 0) is 17.3 Å². The first-order valence-electron chi connectivity index (χ1n) is 17.7. The van der Waals surface area contributed by atoms with Gasteiger partial charge >= 0.3 is 5.69 Å². The highest BCUT2D eigenvalue weighted by Gasteiger charge is 2.24. The maximum atomic E-state index is 14.2. The molecule has 2 aromatic carbocycles. The Labute approximate surface area is 301 Å². The van der Waals surface area contributed by atoms with E-state index in [1.54, 1.807) is 10.6 Å². The molecule has 1 fully saturated rings. The summed E-state index contributed by atoms with van der Waals surface area (Å²) >= 11 is 6.07. The second kappa shape index (κ2) is 16.5. The Morgan fingerprint density at radius 1 is 1.06 bits per heavy atom. The van der Waals surface area contributed by atoms with Crippen molar-refractivity contribution < 1.29 is 4.39 Å². The maximum Gasteiger partial charge on any atom is 0.354 e. The molecule has 2 heterocycles. The number of hydrogen-bond acceptors (Lipinski definition) is 5. The SMILES string of the molecule is CC(C)(C)c1cc(CC2CCC(N)CC2)cc(Cl)c1F.C[C@H](NCCCN=C(N)N)c1ccc(-n2cc3cc(C(C)(C)C)[nH]c3nc2=O)cc1.